The van der Waals surface area contributed by atoms with E-state index in [0.29, 0.717) is 6.54 Å². The maximum Gasteiger partial charge on any atom is 0.242 e. The molecule has 0 unspecified atom stereocenters. The summed E-state index contributed by atoms with van der Waals surface area (Å²) in [5.74, 6) is -0.958. The van der Waals surface area contributed by atoms with Crippen molar-refractivity contribution in [2.24, 2.45) is 18.9 Å². The zero-order valence-corrected chi connectivity index (χ0v) is 13.6. The zero-order chi connectivity index (χ0) is 16.6. The summed E-state index contributed by atoms with van der Waals surface area (Å²) in [4.78, 5) is 39.8. The number of aromatic nitrogens is 2. The van der Waals surface area contributed by atoms with Crippen molar-refractivity contribution in [3.8, 4) is 0 Å². The van der Waals surface area contributed by atoms with E-state index in [1.165, 1.54) is 9.80 Å². The van der Waals surface area contributed by atoms with E-state index in [1.807, 2.05) is 13.2 Å². The van der Waals surface area contributed by atoms with Crippen molar-refractivity contribution in [2.75, 3.05) is 13.6 Å². The number of carbonyl (C=O) groups is 3. The van der Waals surface area contributed by atoms with Gasteiger partial charge in [-0.05, 0) is 12.8 Å². The monoisotopic (exact) mass is 318 g/mol. The van der Waals surface area contributed by atoms with Crippen molar-refractivity contribution in [1.29, 1.82) is 0 Å². The first kappa shape index (κ1) is 15.7. The quantitative estimate of drug-likeness (QED) is 0.760. The van der Waals surface area contributed by atoms with Gasteiger partial charge in [0, 0.05) is 32.4 Å². The molecule has 0 spiro atoms. The van der Waals surface area contributed by atoms with E-state index >= 15 is 0 Å². The van der Waals surface area contributed by atoms with E-state index in [0.717, 1.165) is 31.2 Å². The molecule has 23 heavy (non-hydrogen) atoms. The number of amides is 3. The minimum absolute atomic E-state index is 0.151. The number of hydrogen-bond donors (Lipinski definition) is 0. The van der Waals surface area contributed by atoms with E-state index in [9.17, 15) is 14.4 Å². The molecule has 3 amide bonds. The summed E-state index contributed by atoms with van der Waals surface area (Å²) in [5.41, 5.74) is 0.913. The molecule has 0 N–H and O–H groups in total. The van der Waals surface area contributed by atoms with Gasteiger partial charge in [0.05, 0.1) is 18.0 Å². The fourth-order valence-corrected chi connectivity index (χ4v) is 3.56. The summed E-state index contributed by atoms with van der Waals surface area (Å²) in [5, 5.41) is 4.07. The molecular weight excluding hydrogens is 296 g/mol. The number of nitrogens with zero attached hydrogens (tertiary/aromatic N) is 4. The van der Waals surface area contributed by atoms with Crippen molar-refractivity contribution in [2.45, 2.75) is 32.2 Å². The van der Waals surface area contributed by atoms with Gasteiger partial charge >= 0.3 is 0 Å². The van der Waals surface area contributed by atoms with Gasteiger partial charge in [0.15, 0.2) is 0 Å². The normalized spacial score (nSPS) is 24.0. The maximum atomic E-state index is 12.4. The van der Waals surface area contributed by atoms with Gasteiger partial charge < -0.3 is 4.90 Å². The number of carbonyl (C=O) groups excluding carboxylic acids is 3. The number of hydrogen-bond acceptors (Lipinski definition) is 4. The Morgan fingerprint density at radius 1 is 1.26 bits per heavy atom. The van der Waals surface area contributed by atoms with Crippen molar-refractivity contribution >= 4 is 17.7 Å². The Morgan fingerprint density at radius 2 is 1.87 bits per heavy atom. The standard InChI is InChI=1S/C16H22N4O3/c1-18(8-11-7-17-19(2)9-11)14(21)10-20-15(22)12-5-3-4-6-13(12)16(20)23/h7,9,12-13H,3-6,8,10H2,1-2H3/t12-,13+. The Balaban J connectivity index is 1.62. The summed E-state index contributed by atoms with van der Waals surface area (Å²) in [6, 6.07) is 0. The lowest BCUT2D eigenvalue weighted by Crippen LogP contribution is -2.41. The summed E-state index contributed by atoms with van der Waals surface area (Å²) in [6.07, 6.45) is 7.05. The van der Waals surface area contributed by atoms with Gasteiger partial charge in [-0.2, -0.15) is 5.10 Å². The first-order valence-electron chi connectivity index (χ1n) is 8.04. The van der Waals surface area contributed by atoms with Crippen molar-refractivity contribution in [1.82, 2.24) is 19.6 Å². The minimum Gasteiger partial charge on any atom is -0.340 e. The lowest BCUT2D eigenvalue weighted by atomic mass is 9.81. The molecule has 1 aliphatic carbocycles. The highest BCUT2D eigenvalue weighted by molar-refractivity contribution is 6.07. The van der Waals surface area contributed by atoms with Gasteiger partial charge in [-0.3, -0.25) is 24.0 Å². The molecule has 2 fully saturated rings. The van der Waals surface area contributed by atoms with Gasteiger partial charge in [-0.15, -0.1) is 0 Å². The van der Waals surface area contributed by atoms with Crippen LogP contribution in [0.4, 0.5) is 0 Å². The molecule has 1 aromatic heterocycles. The predicted molar refractivity (Wildman–Crippen MR) is 81.9 cm³/mol. The van der Waals surface area contributed by atoms with E-state index in [4.69, 9.17) is 0 Å². The molecule has 2 heterocycles. The van der Waals surface area contributed by atoms with Crippen LogP contribution in [0, 0.1) is 11.8 Å². The van der Waals surface area contributed by atoms with Crippen LogP contribution in [0.25, 0.3) is 0 Å². The van der Waals surface area contributed by atoms with Crippen molar-refractivity contribution in [3.63, 3.8) is 0 Å². The molecule has 2 aliphatic rings. The largest absolute Gasteiger partial charge is 0.340 e. The molecule has 2 atom stereocenters. The molecule has 0 radical (unpaired) electrons. The lowest BCUT2D eigenvalue weighted by molar-refractivity contribution is -0.146. The molecule has 124 valence electrons. The van der Waals surface area contributed by atoms with Crippen LogP contribution in [0.1, 0.15) is 31.2 Å². The highest BCUT2D eigenvalue weighted by Crippen LogP contribution is 2.37. The summed E-state index contributed by atoms with van der Waals surface area (Å²) >= 11 is 0. The minimum atomic E-state index is -0.228. The van der Waals surface area contributed by atoms with Crippen molar-refractivity contribution < 1.29 is 14.4 Å². The lowest BCUT2D eigenvalue weighted by Gasteiger charge is -2.20. The van der Waals surface area contributed by atoms with Crippen LogP contribution >= 0.6 is 0 Å². The van der Waals surface area contributed by atoms with Crippen LogP contribution in [-0.2, 0) is 28.0 Å². The zero-order valence-electron chi connectivity index (χ0n) is 13.6. The van der Waals surface area contributed by atoms with Gasteiger partial charge in [-0.25, -0.2) is 0 Å². The van der Waals surface area contributed by atoms with Gasteiger partial charge in [-0.1, -0.05) is 12.8 Å². The number of fused-ring (bicyclic) bond motifs is 1. The number of likely N-dealkylation sites (N-methyl/N-ethyl adjacent to an activating group) is 1. The summed E-state index contributed by atoms with van der Waals surface area (Å²) < 4.78 is 1.67. The Kier molecular flexibility index (Phi) is 4.19. The second kappa shape index (κ2) is 6.14. The first-order valence-corrected chi connectivity index (χ1v) is 8.04. The molecule has 0 aromatic carbocycles. The van der Waals surface area contributed by atoms with Crippen LogP contribution in [-0.4, -0.2) is 50.9 Å². The average Bonchev–Trinajstić information content (AvgIpc) is 3.04. The number of likely N-dealkylation sites (tertiary alicyclic amines) is 1. The van der Waals surface area contributed by atoms with Crippen LogP contribution < -0.4 is 0 Å². The van der Waals surface area contributed by atoms with Crippen LogP contribution in [0.3, 0.4) is 0 Å². The molecule has 1 aromatic rings. The third-order valence-electron chi connectivity index (χ3n) is 4.83. The fourth-order valence-electron chi connectivity index (χ4n) is 3.56. The third-order valence-corrected chi connectivity index (χ3v) is 4.83. The van der Waals surface area contributed by atoms with Crippen LogP contribution in [0.15, 0.2) is 12.4 Å². The Morgan fingerprint density at radius 3 is 2.39 bits per heavy atom. The number of aryl methyl sites for hydroxylation is 1. The van der Waals surface area contributed by atoms with E-state index < -0.39 is 0 Å². The second-order valence-electron chi connectivity index (χ2n) is 6.53. The van der Waals surface area contributed by atoms with Crippen molar-refractivity contribution in [3.05, 3.63) is 18.0 Å². The topological polar surface area (TPSA) is 75.5 Å². The van der Waals surface area contributed by atoms with E-state index in [2.05, 4.69) is 5.10 Å². The molecule has 3 rings (SSSR count). The average molecular weight is 318 g/mol. The predicted octanol–water partition coefficient (Wildman–Crippen LogP) is 0.554. The van der Waals surface area contributed by atoms with Crippen LogP contribution in [0.5, 0.6) is 0 Å². The Bertz CT molecular complexity index is 615. The molecule has 7 heteroatoms. The fraction of sp³-hybridized carbons (Fsp3) is 0.625. The molecule has 7 nitrogen and oxygen atoms in total. The SMILES string of the molecule is CN(Cc1cnn(C)c1)C(=O)CN1C(=O)[C@H]2CCCC[C@H]2C1=O. The van der Waals surface area contributed by atoms with E-state index in [-0.39, 0.29) is 36.1 Å². The molecular formula is C16H22N4O3. The molecule has 1 saturated carbocycles. The smallest absolute Gasteiger partial charge is 0.242 e. The third kappa shape index (κ3) is 3.00. The van der Waals surface area contributed by atoms with E-state index in [1.54, 1.807) is 17.9 Å². The van der Waals surface area contributed by atoms with Crippen LogP contribution in [0.2, 0.25) is 0 Å². The summed E-state index contributed by atoms with van der Waals surface area (Å²) in [7, 11) is 3.49. The van der Waals surface area contributed by atoms with Gasteiger partial charge in [0.2, 0.25) is 17.7 Å². The molecule has 0 bridgehead atoms. The highest BCUT2D eigenvalue weighted by Gasteiger charge is 2.48. The Labute approximate surface area is 135 Å². The molecule has 1 aliphatic heterocycles. The second-order valence-corrected chi connectivity index (χ2v) is 6.53. The Hall–Kier alpha value is -2.18. The number of rotatable bonds is 4. The molecule has 1 saturated heterocycles. The number of imide groups is 1. The van der Waals surface area contributed by atoms with Gasteiger partial charge in [0.25, 0.3) is 0 Å². The van der Waals surface area contributed by atoms with Gasteiger partial charge in [0.1, 0.15) is 6.54 Å². The maximum absolute atomic E-state index is 12.4. The summed E-state index contributed by atoms with van der Waals surface area (Å²) in [6.45, 7) is 0.261. The first-order chi connectivity index (χ1) is 11.0. The highest BCUT2D eigenvalue weighted by atomic mass is 16.2.